The van der Waals surface area contributed by atoms with E-state index in [9.17, 15) is 10.1 Å². The molecule has 0 saturated carbocycles. The lowest BCUT2D eigenvalue weighted by Gasteiger charge is -2.15. The Morgan fingerprint density at radius 1 is 1.38 bits per heavy atom. The third-order valence-electron chi connectivity index (χ3n) is 3.72. The highest BCUT2D eigenvalue weighted by atomic mass is 16.6. The fraction of sp³-hybridized carbons (Fsp3) is 0.429. The lowest BCUT2D eigenvalue weighted by molar-refractivity contribution is -0.384. The monoisotopic (exact) mass is 287 g/mol. The van der Waals surface area contributed by atoms with E-state index in [2.05, 4.69) is 20.1 Å². The summed E-state index contributed by atoms with van der Waals surface area (Å²) in [6.45, 7) is 3.21. The van der Waals surface area contributed by atoms with Crippen molar-refractivity contribution in [2.75, 3.05) is 5.32 Å². The maximum Gasteiger partial charge on any atom is 0.292 e. The van der Waals surface area contributed by atoms with Crippen molar-refractivity contribution in [3.8, 4) is 0 Å². The standard InChI is InChI=1S/C14H17N5O2/c1-10-5-6-11(12(8-10)19(20)21)15-9-14-17-16-13-4-2-3-7-18(13)14/h5-6,8,15H,2-4,7,9H2,1H3. The van der Waals surface area contributed by atoms with Gasteiger partial charge in [0.1, 0.15) is 11.5 Å². The van der Waals surface area contributed by atoms with Crippen LogP contribution >= 0.6 is 0 Å². The molecular formula is C14H17N5O2. The van der Waals surface area contributed by atoms with Gasteiger partial charge < -0.3 is 9.88 Å². The molecule has 21 heavy (non-hydrogen) atoms. The van der Waals surface area contributed by atoms with Crippen LogP contribution in [0.15, 0.2) is 18.2 Å². The van der Waals surface area contributed by atoms with Crippen molar-refractivity contribution < 1.29 is 4.92 Å². The van der Waals surface area contributed by atoms with Crippen LogP contribution in [0.25, 0.3) is 0 Å². The van der Waals surface area contributed by atoms with Crippen molar-refractivity contribution in [3.63, 3.8) is 0 Å². The molecule has 0 atom stereocenters. The van der Waals surface area contributed by atoms with Crippen LogP contribution in [-0.4, -0.2) is 19.7 Å². The first-order valence-electron chi connectivity index (χ1n) is 7.05. The number of hydrogen-bond donors (Lipinski definition) is 1. The van der Waals surface area contributed by atoms with Crippen molar-refractivity contribution in [2.24, 2.45) is 0 Å². The van der Waals surface area contributed by atoms with E-state index >= 15 is 0 Å². The van der Waals surface area contributed by atoms with Crippen LogP contribution < -0.4 is 5.32 Å². The topological polar surface area (TPSA) is 85.9 Å². The normalized spacial score (nSPS) is 13.8. The third-order valence-corrected chi connectivity index (χ3v) is 3.72. The van der Waals surface area contributed by atoms with Crippen LogP contribution in [0, 0.1) is 17.0 Å². The molecule has 1 aliphatic heterocycles. The van der Waals surface area contributed by atoms with E-state index in [0.717, 1.165) is 43.0 Å². The summed E-state index contributed by atoms with van der Waals surface area (Å²) in [5, 5.41) is 22.6. The predicted molar refractivity (Wildman–Crippen MR) is 78.1 cm³/mol. The molecule has 7 heteroatoms. The average molecular weight is 287 g/mol. The van der Waals surface area contributed by atoms with Gasteiger partial charge in [-0.15, -0.1) is 10.2 Å². The summed E-state index contributed by atoms with van der Waals surface area (Å²) < 4.78 is 2.11. The molecule has 1 aromatic carbocycles. The van der Waals surface area contributed by atoms with Crippen LogP contribution in [0.4, 0.5) is 11.4 Å². The van der Waals surface area contributed by atoms with E-state index in [-0.39, 0.29) is 10.6 Å². The van der Waals surface area contributed by atoms with E-state index in [1.165, 1.54) is 0 Å². The average Bonchev–Trinajstić information content (AvgIpc) is 2.89. The molecule has 0 radical (unpaired) electrons. The molecule has 0 unspecified atom stereocenters. The van der Waals surface area contributed by atoms with Crippen LogP contribution in [0.1, 0.15) is 30.1 Å². The molecule has 0 aliphatic carbocycles. The fourth-order valence-electron chi connectivity index (χ4n) is 2.62. The van der Waals surface area contributed by atoms with Gasteiger partial charge in [-0.2, -0.15) is 0 Å². The largest absolute Gasteiger partial charge is 0.372 e. The lowest BCUT2D eigenvalue weighted by atomic mass is 10.1. The minimum atomic E-state index is -0.366. The van der Waals surface area contributed by atoms with Gasteiger partial charge in [-0.1, -0.05) is 6.07 Å². The van der Waals surface area contributed by atoms with E-state index in [1.807, 2.05) is 13.0 Å². The van der Waals surface area contributed by atoms with Gasteiger partial charge in [-0.3, -0.25) is 10.1 Å². The van der Waals surface area contributed by atoms with Crippen molar-refractivity contribution in [1.29, 1.82) is 0 Å². The Hall–Kier alpha value is -2.44. The minimum absolute atomic E-state index is 0.0911. The molecule has 7 nitrogen and oxygen atoms in total. The number of nitrogens with one attached hydrogen (secondary N) is 1. The fourth-order valence-corrected chi connectivity index (χ4v) is 2.62. The molecule has 1 aliphatic rings. The van der Waals surface area contributed by atoms with E-state index in [1.54, 1.807) is 12.1 Å². The van der Waals surface area contributed by atoms with Gasteiger partial charge in [0.15, 0.2) is 5.82 Å². The molecule has 0 fully saturated rings. The van der Waals surface area contributed by atoms with Gasteiger partial charge in [0.25, 0.3) is 5.69 Å². The van der Waals surface area contributed by atoms with Gasteiger partial charge in [0.05, 0.1) is 11.5 Å². The number of hydrogen-bond acceptors (Lipinski definition) is 5. The summed E-state index contributed by atoms with van der Waals surface area (Å²) in [7, 11) is 0. The van der Waals surface area contributed by atoms with Gasteiger partial charge in [0.2, 0.25) is 0 Å². The quantitative estimate of drug-likeness (QED) is 0.689. The Kier molecular flexibility index (Phi) is 3.55. The third kappa shape index (κ3) is 2.72. The molecule has 0 saturated heterocycles. The Morgan fingerprint density at radius 2 is 2.24 bits per heavy atom. The summed E-state index contributed by atoms with van der Waals surface area (Å²) in [6, 6.07) is 5.16. The van der Waals surface area contributed by atoms with E-state index < -0.39 is 0 Å². The van der Waals surface area contributed by atoms with Crippen molar-refractivity contribution in [1.82, 2.24) is 14.8 Å². The second-order valence-corrected chi connectivity index (χ2v) is 5.27. The number of rotatable bonds is 4. The number of fused-ring (bicyclic) bond motifs is 1. The minimum Gasteiger partial charge on any atom is -0.372 e. The molecule has 0 spiro atoms. The summed E-state index contributed by atoms with van der Waals surface area (Å²) in [5.74, 6) is 1.84. The molecular weight excluding hydrogens is 270 g/mol. The number of aromatic nitrogens is 3. The second kappa shape index (κ2) is 5.51. The van der Waals surface area contributed by atoms with Crippen molar-refractivity contribution in [2.45, 2.75) is 39.3 Å². The number of anilines is 1. The van der Waals surface area contributed by atoms with Crippen LogP contribution in [-0.2, 0) is 19.5 Å². The summed E-state index contributed by atoms with van der Waals surface area (Å²) in [6.07, 6.45) is 3.23. The molecule has 0 bridgehead atoms. The van der Waals surface area contributed by atoms with Crippen LogP contribution in [0.5, 0.6) is 0 Å². The number of nitrogens with zero attached hydrogens (tertiary/aromatic N) is 4. The highest BCUT2D eigenvalue weighted by molar-refractivity contribution is 5.62. The smallest absolute Gasteiger partial charge is 0.292 e. The van der Waals surface area contributed by atoms with Crippen LogP contribution in [0.3, 0.4) is 0 Å². The predicted octanol–water partition coefficient (Wildman–Crippen LogP) is 2.44. The molecule has 3 rings (SSSR count). The summed E-state index contributed by atoms with van der Waals surface area (Å²) in [4.78, 5) is 10.7. The lowest BCUT2D eigenvalue weighted by Crippen LogP contribution is -2.15. The number of aryl methyl sites for hydroxylation is 2. The molecule has 1 aromatic heterocycles. The molecule has 0 amide bonds. The first-order chi connectivity index (χ1) is 10.1. The maximum atomic E-state index is 11.1. The molecule has 110 valence electrons. The zero-order chi connectivity index (χ0) is 14.8. The first kappa shape index (κ1) is 13.5. The van der Waals surface area contributed by atoms with Gasteiger partial charge in [-0.05, 0) is 31.4 Å². The summed E-state index contributed by atoms with van der Waals surface area (Å²) in [5.41, 5.74) is 1.47. The Labute approximate surface area is 122 Å². The first-order valence-corrected chi connectivity index (χ1v) is 7.05. The van der Waals surface area contributed by atoms with Gasteiger partial charge >= 0.3 is 0 Å². The van der Waals surface area contributed by atoms with Gasteiger partial charge in [-0.25, -0.2) is 0 Å². The summed E-state index contributed by atoms with van der Waals surface area (Å²) >= 11 is 0. The SMILES string of the molecule is Cc1ccc(NCc2nnc3n2CCCC3)c([N+](=O)[O-])c1. The zero-order valence-corrected chi connectivity index (χ0v) is 11.9. The van der Waals surface area contributed by atoms with Crippen molar-refractivity contribution in [3.05, 3.63) is 45.5 Å². The maximum absolute atomic E-state index is 11.1. The van der Waals surface area contributed by atoms with Crippen LogP contribution in [0.2, 0.25) is 0 Å². The Morgan fingerprint density at radius 3 is 3.05 bits per heavy atom. The Balaban J connectivity index is 1.79. The number of benzene rings is 1. The Bertz CT molecular complexity index is 680. The molecule has 2 aromatic rings. The van der Waals surface area contributed by atoms with Crippen molar-refractivity contribution >= 4 is 11.4 Å². The molecule has 2 heterocycles. The number of nitro groups is 1. The van der Waals surface area contributed by atoms with E-state index in [4.69, 9.17) is 0 Å². The second-order valence-electron chi connectivity index (χ2n) is 5.27. The van der Waals surface area contributed by atoms with E-state index in [0.29, 0.717) is 12.2 Å². The highest BCUT2D eigenvalue weighted by Crippen LogP contribution is 2.26. The molecule has 1 N–H and O–H groups in total. The highest BCUT2D eigenvalue weighted by Gasteiger charge is 2.17. The number of nitro benzene ring substituents is 1. The zero-order valence-electron chi connectivity index (χ0n) is 11.9. The van der Waals surface area contributed by atoms with Gasteiger partial charge in [0, 0.05) is 19.0 Å².